The molecule has 2 aliphatic rings. The zero-order valence-electron chi connectivity index (χ0n) is 19.5. The van der Waals surface area contributed by atoms with Crippen molar-refractivity contribution in [3.63, 3.8) is 0 Å². The van der Waals surface area contributed by atoms with Gasteiger partial charge in [0, 0.05) is 51.9 Å². The van der Waals surface area contributed by atoms with E-state index in [9.17, 15) is 18.5 Å². The average Bonchev–Trinajstić information content (AvgIpc) is 2.85. The van der Waals surface area contributed by atoms with Crippen LogP contribution in [0.15, 0.2) is 59.5 Å². The standard InChI is InChI=1S/C25H32N4O4S/c1-21-11-14-28(15-12-21)34(32,33)23-9-10-24(25(20-23)29(30)31)27-18-16-26(17-19-27)13-5-8-22-6-3-2-4-7-22/h2-10,20-21H,11-19H2,1H3/b8-5+. The molecule has 2 aliphatic heterocycles. The maximum Gasteiger partial charge on any atom is 0.293 e. The van der Waals surface area contributed by atoms with E-state index in [1.54, 1.807) is 6.07 Å². The predicted octanol–water partition coefficient (Wildman–Crippen LogP) is 3.85. The third-order valence-electron chi connectivity index (χ3n) is 6.71. The minimum absolute atomic E-state index is 0.00203. The number of nitro benzene ring substituents is 1. The van der Waals surface area contributed by atoms with Crippen LogP contribution < -0.4 is 4.90 Å². The van der Waals surface area contributed by atoms with Crippen LogP contribution in [0.3, 0.4) is 0 Å². The summed E-state index contributed by atoms with van der Waals surface area (Å²) in [7, 11) is -3.74. The van der Waals surface area contributed by atoms with Crippen LogP contribution >= 0.6 is 0 Å². The van der Waals surface area contributed by atoms with E-state index < -0.39 is 14.9 Å². The Morgan fingerprint density at radius 3 is 2.32 bits per heavy atom. The Kier molecular flexibility index (Phi) is 7.65. The largest absolute Gasteiger partial charge is 0.363 e. The molecule has 0 aliphatic carbocycles. The zero-order valence-corrected chi connectivity index (χ0v) is 20.4. The molecular formula is C25H32N4O4S. The summed E-state index contributed by atoms with van der Waals surface area (Å²) in [6, 6.07) is 14.5. The van der Waals surface area contributed by atoms with Gasteiger partial charge < -0.3 is 4.90 Å². The molecule has 34 heavy (non-hydrogen) atoms. The van der Waals surface area contributed by atoms with Crippen LogP contribution in [-0.2, 0) is 10.0 Å². The van der Waals surface area contributed by atoms with Crippen molar-refractivity contribution in [3.05, 3.63) is 70.3 Å². The van der Waals surface area contributed by atoms with E-state index >= 15 is 0 Å². The maximum atomic E-state index is 13.1. The molecule has 0 saturated carbocycles. The number of nitrogens with zero attached hydrogens (tertiary/aromatic N) is 4. The molecule has 0 atom stereocenters. The first-order valence-corrected chi connectivity index (χ1v) is 13.3. The minimum Gasteiger partial charge on any atom is -0.363 e. The van der Waals surface area contributed by atoms with Gasteiger partial charge in [0.1, 0.15) is 5.69 Å². The van der Waals surface area contributed by atoms with Gasteiger partial charge in [-0.2, -0.15) is 4.31 Å². The van der Waals surface area contributed by atoms with Crippen LogP contribution in [0.1, 0.15) is 25.3 Å². The van der Waals surface area contributed by atoms with Gasteiger partial charge >= 0.3 is 0 Å². The Morgan fingerprint density at radius 2 is 1.68 bits per heavy atom. The second-order valence-corrected chi connectivity index (χ2v) is 11.0. The van der Waals surface area contributed by atoms with Crippen molar-refractivity contribution in [1.82, 2.24) is 9.21 Å². The Hall–Kier alpha value is -2.75. The molecule has 0 amide bonds. The van der Waals surface area contributed by atoms with Crippen molar-refractivity contribution in [2.45, 2.75) is 24.7 Å². The number of benzene rings is 2. The van der Waals surface area contributed by atoms with Gasteiger partial charge in [-0.1, -0.05) is 49.4 Å². The number of piperidine rings is 1. The third kappa shape index (κ3) is 5.65. The number of hydrogen-bond donors (Lipinski definition) is 0. The Bertz CT molecular complexity index is 1120. The van der Waals surface area contributed by atoms with E-state index in [0.29, 0.717) is 37.8 Å². The van der Waals surface area contributed by atoms with Crippen molar-refractivity contribution in [3.8, 4) is 0 Å². The number of anilines is 1. The van der Waals surface area contributed by atoms with E-state index in [-0.39, 0.29) is 10.6 Å². The summed E-state index contributed by atoms with van der Waals surface area (Å²) in [5.74, 6) is 0.496. The Morgan fingerprint density at radius 1 is 1.00 bits per heavy atom. The molecule has 2 aromatic rings. The highest BCUT2D eigenvalue weighted by Crippen LogP contribution is 2.33. The van der Waals surface area contributed by atoms with E-state index in [2.05, 4.69) is 36.1 Å². The van der Waals surface area contributed by atoms with Crippen LogP contribution in [0.4, 0.5) is 11.4 Å². The summed E-state index contributed by atoms with van der Waals surface area (Å²) < 4.78 is 27.6. The lowest BCUT2D eigenvalue weighted by atomic mass is 10.0. The summed E-state index contributed by atoms with van der Waals surface area (Å²) in [6.07, 6.45) is 5.85. The van der Waals surface area contributed by atoms with Crippen molar-refractivity contribution >= 4 is 27.5 Å². The molecule has 0 aromatic heterocycles. The molecule has 9 heteroatoms. The first-order valence-electron chi connectivity index (χ1n) is 11.8. The number of nitro groups is 1. The van der Waals surface area contributed by atoms with Crippen molar-refractivity contribution in [2.24, 2.45) is 5.92 Å². The van der Waals surface area contributed by atoms with E-state index in [1.165, 1.54) is 16.4 Å². The molecule has 0 unspecified atom stereocenters. The molecular weight excluding hydrogens is 452 g/mol. The minimum atomic E-state index is -3.74. The molecule has 0 radical (unpaired) electrons. The molecule has 0 spiro atoms. The summed E-state index contributed by atoms with van der Waals surface area (Å²) in [5, 5.41) is 11.9. The van der Waals surface area contributed by atoms with E-state index in [0.717, 1.165) is 38.0 Å². The summed E-state index contributed by atoms with van der Waals surface area (Å²) in [5.41, 5.74) is 1.49. The summed E-state index contributed by atoms with van der Waals surface area (Å²) in [6.45, 7) is 6.70. The van der Waals surface area contributed by atoms with Crippen LogP contribution in [0.5, 0.6) is 0 Å². The molecule has 0 bridgehead atoms. The second-order valence-electron chi connectivity index (χ2n) is 9.09. The zero-order chi connectivity index (χ0) is 24.1. The average molecular weight is 485 g/mol. The molecule has 8 nitrogen and oxygen atoms in total. The monoisotopic (exact) mass is 484 g/mol. The van der Waals surface area contributed by atoms with E-state index in [1.807, 2.05) is 23.1 Å². The highest BCUT2D eigenvalue weighted by Gasteiger charge is 2.31. The third-order valence-corrected chi connectivity index (χ3v) is 8.61. The number of rotatable bonds is 7. The first kappa shape index (κ1) is 24.4. The summed E-state index contributed by atoms with van der Waals surface area (Å²) >= 11 is 0. The fourth-order valence-corrected chi connectivity index (χ4v) is 6.02. The highest BCUT2D eigenvalue weighted by molar-refractivity contribution is 7.89. The van der Waals surface area contributed by atoms with Gasteiger partial charge in [-0.05, 0) is 36.5 Å². The van der Waals surface area contributed by atoms with Crippen LogP contribution in [0.25, 0.3) is 6.08 Å². The van der Waals surface area contributed by atoms with Crippen molar-refractivity contribution < 1.29 is 13.3 Å². The van der Waals surface area contributed by atoms with Gasteiger partial charge in [0.2, 0.25) is 10.0 Å². The normalized spacial score (nSPS) is 19.0. The van der Waals surface area contributed by atoms with Gasteiger partial charge in [0.05, 0.1) is 9.82 Å². The highest BCUT2D eigenvalue weighted by atomic mass is 32.2. The molecule has 0 N–H and O–H groups in total. The predicted molar refractivity (Wildman–Crippen MR) is 134 cm³/mol. The molecule has 2 heterocycles. The maximum absolute atomic E-state index is 13.1. The number of sulfonamides is 1. The number of hydrogen-bond acceptors (Lipinski definition) is 6. The molecule has 2 saturated heterocycles. The molecule has 2 aromatic carbocycles. The summed E-state index contributed by atoms with van der Waals surface area (Å²) in [4.78, 5) is 15.7. The van der Waals surface area contributed by atoms with Crippen molar-refractivity contribution in [1.29, 1.82) is 0 Å². The molecule has 2 fully saturated rings. The fourth-order valence-electron chi connectivity index (χ4n) is 4.53. The van der Waals surface area contributed by atoms with Gasteiger partial charge in [0.25, 0.3) is 5.69 Å². The lowest BCUT2D eigenvalue weighted by Gasteiger charge is -2.35. The Labute approximate surface area is 201 Å². The van der Waals surface area contributed by atoms with Gasteiger partial charge in [0.15, 0.2) is 0 Å². The molecule has 182 valence electrons. The van der Waals surface area contributed by atoms with Crippen LogP contribution in [0, 0.1) is 16.0 Å². The molecule has 4 rings (SSSR count). The van der Waals surface area contributed by atoms with Crippen LogP contribution in [-0.4, -0.2) is 68.4 Å². The fraction of sp³-hybridized carbons (Fsp3) is 0.440. The SMILES string of the molecule is CC1CCN(S(=O)(=O)c2ccc(N3CCN(C/C=C/c4ccccc4)CC3)c([N+](=O)[O-])c2)CC1. The Balaban J connectivity index is 1.42. The lowest BCUT2D eigenvalue weighted by molar-refractivity contribution is -0.384. The first-order chi connectivity index (χ1) is 16.3. The van der Waals surface area contributed by atoms with Gasteiger partial charge in [-0.3, -0.25) is 15.0 Å². The van der Waals surface area contributed by atoms with E-state index in [4.69, 9.17) is 0 Å². The topological polar surface area (TPSA) is 87.0 Å². The van der Waals surface area contributed by atoms with Gasteiger partial charge in [-0.25, -0.2) is 8.42 Å². The van der Waals surface area contributed by atoms with Gasteiger partial charge in [-0.15, -0.1) is 0 Å². The second kappa shape index (κ2) is 10.7. The number of piperazine rings is 1. The smallest absolute Gasteiger partial charge is 0.293 e. The lowest BCUT2D eigenvalue weighted by Crippen LogP contribution is -2.46. The van der Waals surface area contributed by atoms with Crippen molar-refractivity contribution in [2.75, 3.05) is 50.7 Å². The van der Waals surface area contributed by atoms with Crippen LogP contribution in [0.2, 0.25) is 0 Å². The quantitative estimate of drug-likeness (QED) is 0.438.